The minimum absolute atomic E-state index is 0.0338. The fraction of sp³-hybridized carbons (Fsp3) is 0.606. The molecule has 0 radical (unpaired) electrons. The van der Waals surface area contributed by atoms with Crippen molar-refractivity contribution in [3.8, 4) is 0 Å². The molecule has 0 amide bonds. The molecule has 7 nitrogen and oxygen atoms in total. The molecular formula is C33H42O7. The van der Waals surface area contributed by atoms with E-state index in [2.05, 4.69) is 0 Å². The standard InChI is InChI=1S/C33H42O7/c1-19(2)12-15-32-17-23(29(3,4)37)40-27(32)24(25(34)20-10-8-7-9-11-20)26(35)33(28(32)36)16-22-21(31(6,39)18-33)13-14-30(22,5)38/h7-12,21-23,37-39H,13-18H2,1-6H3. The molecule has 1 spiro atoms. The maximum absolute atomic E-state index is 15.0. The Kier molecular flexibility index (Phi) is 6.65. The Hall–Kier alpha value is -2.61. The highest BCUT2D eigenvalue weighted by molar-refractivity contribution is 6.34. The van der Waals surface area contributed by atoms with E-state index in [4.69, 9.17) is 4.74 Å². The second-order valence-corrected chi connectivity index (χ2v) is 14.0. The van der Waals surface area contributed by atoms with Crippen LogP contribution in [0.1, 0.15) is 90.4 Å². The molecular weight excluding hydrogens is 508 g/mol. The Morgan fingerprint density at radius 2 is 1.70 bits per heavy atom. The van der Waals surface area contributed by atoms with Crippen LogP contribution in [0.15, 0.2) is 53.3 Å². The van der Waals surface area contributed by atoms with E-state index >= 15 is 4.79 Å². The van der Waals surface area contributed by atoms with Gasteiger partial charge >= 0.3 is 0 Å². The average molecular weight is 551 g/mol. The number of rotatable bonds is 5. The highest BCUT2D eigenvalue weighted by atomic mass is 16.5. The van der Waals surface area contributed by atoms with Crippen molar-refractivity contribution < 1.29 is 34.4 Å². The predicted octanol–water partition coefficient (Wildman–Crippen LogP) is 4.49. The number of allylic oxidation sites excluding steroid dienone is 4. The monoisotopic (exact) mass is 550 g/mol. The number of carbonyl (C=O) groups is 3. The van der Waals surface area contributed by atoms with Crippen molar-refractivity contribution in [2.45, 2.75) is 103 Å². The molecule has 4 aliphatic rings. The van der Waals surface area contributed by atoms with Crippen LogP contribution >= 0.6 is 0 Å². The smallest absolute Gasteiger partial charge is 0.200 e. The highest BCUT2D eigenvalue weighted by Crippen LogP contribution is 2.65. The van der Waals surface area contributed by atoms with Gasteiger partial charge in [-0.15, -0.1) is 0 Å². The van der Waals surface area contributed by atoms with Crippen LogP contribution in [0.2, 0.25) is 0 Å². The topological polar surface area (TPSA) is 121 Å². The molecule has 7 unspecified atom stereocenters. The van der Waals surface area contributed by atoms with E-state index < -0.39 is 51.2 Å². The number of carbonyl (C=O) groups excluding carboxylic acids is 3. The van der Waals surface area contributed by atoms with Gasteiger partial charge in [0.05, 0.1) is 27.6 Å². The van der Waals surface area contributed by atoms with Crippen LogP contribution in [0.5, 0.6) is 0 Å². The third kappa shape index (κ3) is 4.24. The van der Waals surface area contributed by atoms with Crippen LogP contribution in [-0.2, 0) is 14.3 Å². The third-order valence-corrected chi connectivity index (χ3v) is 10.2. The SMILES string of the molecule is CC(C)=CCC12CC(C(C)(C)O)OC1=C(C(=O)c1ccccc1)C(=O)C1(CC3C(CCC3(C)O)C(C)(O)C1)C2=O. The van der Waals surface area contributed by atoms with E-state index in [-0.39, 0.29) is 48.7 Å². The quantitative estimate of drug-likeness (QED) is 0.214. The van der Waals surface area contributed by atoms with Crippen molar-refractivity contribution in [1.82, 2.24) is 0 Å². The zero-order chi connectivity index (χ0) is 29.5. The first-order valence-electron chi connectivity index (χ1n) is 14.4. The lowest BCUT2D eigenvalue weighted by Crippen LogP contribution is -2.63. The number of benzene rings is 1. The molecule has 40 heavy (non-hydrogen) atoms. The molecule has 1 heterocycles. The first-order valence-corrected chi connectivity index (χ1v) is 14.4. The molecule has 0 aromatic heterocycles. The highest BCUT2D eigenvalue weighted by Gasteiger charge is 2.71. The van der Waals surface area contributed by atoms with Gasteiger partial charge in [-0.05, 0) is 85.5 Å². The Balaban J connectivity index is 1.79. The normalized spacial score (nSPS) is 39.2. The summed E-state index contributed by atoms with van der Waals surface area (Å²) in [6.07, 6.45) is 2.36. The summed E-state index contributed by atoms with van der Waals surface area (Å²) < 4.78 is 6.30. The molecule has 3 N–H and O–H groups in total. The van der Waals surface area contributed by atoms with Gasteiger partial charge in [-0.1, -0.05) is 42.0 Å². The molecule has 7 atom stereocenters. The van der Waals surface area contributed by atoms with Crippen LogP contribution in [0.4, 0.5) is 0 Å². The van der Waals surface area contributed by atoms with Crippen LogP contribution < -0.4 is 0 Å². The second-order valence-electron chi connectivity index (χ2n) is 14.0. The van der Waals surface area contributed by atoms with E-state index in [9.17, 15) is 24.9 Å². The lowest BCUT2D eigenvalue weighted by Gasteiger charge is -2.54. The summed E-state index contributed by atoms with van der Waals surface area (Å²) in [5, 5.41) is 34.2. The zero-order valence-corrected chi connectivity index (χ0v) is 24.4. The summed E-state index contributed by atoms with van der Waals surface area (Å²) in [6.45, 7) is 10.4. The molecule has 3 fully saturated rings. The van der Waals surface area contributed by atoms with Crippen molar-refractivity contribution in [3.63, 3.8) is 0 Å². The van der Waals surface area contributed by atoms with Gasteiger partial charge < -0.3 is 20.1 Å². The lowest BCUT2D eigenvalue weighted by molar-refractivity contribution is -0.171. The lowest BCUT2D eigenvalue weighted by atomic mass is 9.48. The number of hydrogen-bond acceptors (Lipinski definition) is 7. The van der Waals surface area contributed by atoms with Crippen molar-refractivity contribution in [2.75, 3.05) is 0 Å². The molecule has 1 saturated heterocycles. The molecule has 7 heteroatoms. The Morgan fingerprint density at radius 1 is 1.05 bits per heavy atom. The number of fused-ring (bicyclic) bond motifs is 2. The predicted molar refractivity (Wildman–Crippen MR) is 149 cm³/mol. The fourth-order valence-electron chi connectivity index (χ4n) is 7.99. The molecule has 1 aromatic carbocycles. The summed E-state index contributed by atoms with van der Waals surface area (Å²) in [5.41, 5.74) is -5.92. The van der Waals surface area contributed by atoms with Crippen molar-refractivity contribution in [3.05, 3.63) is 58.9 Å². The molecule has 0 bridgehead atoms. The van der Waals surface area contributed by atoms with Crippen LogP contribution in [0.3, 0.4) is 0 Å². The van der Waals surface area contributed by atoms with Crippen molar-refractivity contribution in [2.24, 2.45) is 22.7 Å². The largest absolute Gasteiger partial charge is 0.490 e. The van der Waals surface area contributed by atoms with E-state index in [1.807, 2.05) is 19.9 Å². The summed E-state index contributed by atoms with van der Waals surface area (Å²) >= 11 is 0. The number of ketones is 3. The summed E-state index contributed by atoms with van der Waals surface area (Å²) in [4.78, 5) is 44.0. The van der Waals surface area contributed by atoms with Crippen molar-refractivity contribution in [1.29, 1.82) is 0 Å². The summed E-state index contributed by atoms with van der Waals surface area (Å²) in [7, 11) is 0. The summed E-state index contributed by atoms with van der Waals surface area (Å²) in [5.74, 6) is -2.30. The maximum atomic E-state index is 15.0. The average Bonchev–Trinajstić information content (AvgIpc) is 3.41. The van der Waals surface area contributed by atoms with Gasteiger partial charge in [-0.3, -0.25) is 14.4 Å². The van der Waals surface area contributed by atoms with Crippen molar-refractivity contribution >= 4 is 17.3 Å². The van der Waals surface area contributed by atoms with Gasteiger partial charge in [-0.2, -0.15) is 0 Å². The first-order chi connectivity index (χ1) is 18.5. The Morgan fingerprint density at radius 3 is 2.30 bits per heavy atom. The number of hydrogen-bond donors (Lipinski definition) is 3. The molecule has 216 valence electrons. The van der Waals surface area contributed by atoms with Crippen LogP contribution in [0.25, 0.3) is 0 Å². The van der Waals surface area contributed by atoms with E-state index in [1.165, 1.54) is 0 Å². The molecule has 2 saturated carbocycles. The number of ether oxygens (including phenoxy) is 1. The van der Waals surface area contributed by atoms with Gasteiger partial charge in [0.25, 0.3) is 0 Å². The van der Waals surface area contributed by atoms with Gasteiger partial charge in [0.2, 0.25) is 0 Å². The van der Waals surface area contributed by atoms with Gasteiger partial charge in [0.15, 0.2) is 17.3 Å². The minimum Gasteiger partial charge on any atom is -0.490 e. The first kappa shape index (κ1) is 28.9. The summed E-state index contributed by atoms with van der Waals surface area (Å²) in [6, 6.07) is 8.45. The maximum Gasteiger partial charge on any atom is 0.200 e. The van der Waals surface area contributed by atoms with Crippen LogP contribution in [-0.4, -0.2) is 55.6 Å². The van der Waals surface area contributed by atoms with Gasteiger partial charge in [-0.25, -0.2) is 0 Å². The molecule has 3 aliphatic carbocycles. The molecule has 5 rings (SSSR count). The minimum atomic E-state index is -1.71. The Labute approximate surface area is 236 Å². The second kappa shape index (κ2) is 9.20. The zero-order valence-electron chi connectivity index (χ0n) is 24.4. The van der Waals surface area contributed by atoms with Gasteiger partial charge in [0.1, 0.15) is 17.4 Å². The number of aliphatic hydroxyl groups is 3. The van der Waals surface area contributed by atoms with E-state index in [0.717, 1.165) is 5.57 Å². The molecule has 1 aliphatic heterocycles. The van der Waals surface area contributed by atoms with Gasteiger partial charge in [0, 0.05) is 12.0 Å². The third-order valence-electron chi connectivity index (χ3n) is 10.2. The van der Waals surface area contributed by atoms with E-state index in [0.29, 0.717) is 18.4 Å². The molecule has 1 aromatic rings. The number of Topliss-reactive ketones (excluding diaryl/α,β-unsaturated/α-hetero) is 3. The van der Waals surface area contributed by atoms with Crippen LogP contribution in [0, 0.1) is 22.7 Å². The fourth-order valence-corrected chi connectivity index (χ4v) is 7.99. The Bertz CT molecular complexity index is 1310. The van der Waals surface area contributed by atoms with E-state index in [1.54, 1.807) is 58.0 Å².